The Hall–Kier alpha value is -3.15. The van der Waals surface area contributed by atoms with Gasteiger partial charge >= 0.3 is 10.4 Å². The first-order valence-corrected chi connectivity index (χ1v) is 13.6. The van der Waals surface area contributed by atoms with Gasteiger partial charge in [0.25, 0.3) is 0 Å². The van der Waals surface area contributed by atoms with Gasteiger partial charge in [-0.15, -0.1) is 0 Å². The molecule has 38 heavy (non-hydrogen) atoms. The lowest BCUT2D eigenvalue weighted by Crippen LogP contribution is -2.45. The fourth-order valence-corrected chi connectivity index (χ4v) is 4.05. The molecule has 0 aromatic heterocycles. The van der Waals surface area contributed by atoms with Crippen LogP contribution in [0.25, 0.3) is 0 Å². The average Bonchev–Trinajstić information content (AvgIpc) is 2.89. The standard InChI is InChI=1S/C28H30F2N2O.H2O4S/c29-26-12-8-24(9-13-26)28(25-10-14-27(30)15-11-25)33-22-21-32-19-17-31(18-20-32)16-4-7-23-5-2-1-3-6-23;1-5(2,3)4/h1-6,8-16,28H,7,17-22H2;(H2,1,2,3,4)/b16-4+;. The molecule has 204 valence electrons. The van der Waals surface area contributed by atoms with Crippen LogP contribution in [0.3, 0.4) is 0 Å². The van der Waals surface area contributed by atoms with Gasteiger partial charge in [0, 0.05) is 32.7 Å². The molecule has 10 heteroatoms. The Bertz CT molecular complexity index is 1180. The molecule has 0 spiro atoms. The number of hydrogen-bond donors (Lipinski definition) is 2. The van der Waals surface area contributed by atoms with Gasteiger partial charge in [0.05, 0.1) is 6.61 Å². The lowest BCUT2D eigenvalue weighted by molar-refractivity contribution is 0.0502. The van der Waals surface area contributed by atoms with Crippen molar-refractivity contribution in [2.45, 2.75) is 12.5 Å². The molecule has 0 saturated carbocycles. The van der Waals surface area contributed by atoms with Gasteiger partial charge in [-0.2, -0.15) is 8.42 Å². The second kappa shape index (κ2) is 14.7. The minimum Gasteiger partial charge on any atom is -0.375 e. The quantitative estimate of drug-likeness (QED) is 0.373. The number of rotatable bonds is 9. The monoisotopic (exact) mass is 546 g/mol. The fraction of sp³-hybridized carbons (Fsp3) is 0.286. The molecular formula is C28H32F2N2O5S. The normalized spacial score (nSPS) is 14.5. The van der Waals surface area contributed by atoms with Crippen LogP contribution in [-0.4, -0.2) is 66.7 Å². The zero-order chi connectivity index (χ0) is 27.4. The highest BCUT2D eigenvalue weighted by atomic mass is 32.3. The number of allylic oxidation sites excluding steroid dienone is 1. The molecule has 4 rings (SSSR count). The largest absolute Gasteiger partial charge is 0.394 e. The van der Waals surface area contributed by atoms with E-state index in [2.05, 4.69) is 46.3 Å². The van der Waals surface area contributed by atoms with E-state index in [9.17, 15) is 8.78 Å². The molecule has 2 N–H and O–H groups in total. The molecule has 1 aliphatic rings. The summed E-state index contributed by atoms with van der Waals surface area (Å²) in [5.74, 6) is -0.570. The van der Waals surface area contributed by atoms with Crippen LogP contribution in [-0.2, 0) is 21.6 Å². The van der Waals surface area contributed by atoms with Gasteiger partial charge in [0.2, 0.25) is 0 Å². The van der Waals surface area contributed by atoms with E-state index in [0.29, 0.717) is 6.61 Å². The van der Waals surface area contributed by atoms with Gasteiger partial charge in [-0.25, -0.2) is 8.78 Å². The highest BCUT2D eigenvalue weighted by Crippen LogP contribution is 2.26. The number of halogens is 2. The number of benzene rings is 3. The Labute approximate surface area is 222 Å². The Balaban J connectivity index is 0.000000732. The molecule has 3 aromatic carbocycles. The molecule has 0 unspecified atom stereocenters. The van der Waals surface area contributed by atoms with E-state index in [1.165, 1.54) is 29.8 Å². The number of ether oxygens (including phenoxy) is 1. The summed E-state index contributed by atoms with van der Waals surface area (Å²) in [6, 6.07) is 23.1. The van der Waals surface area contributed by atoms with Crippen molar-refractivity contribution < 1.29 is 31.0 Å². The van der Waals surface area contributed by atoms with Crippen LogP contribution in [0.4, 0.5) is 8.78 Å². The Morgan fingerprint density at radius 1 is 0.816 bits per heavy atom. The smallest absolute Gasteiger partial charge is 0.375 e. The third-order valence-corrected chi connectivity index (χ3v) is 5.96. The molecule has 1 heterocycles. The molecule has 0 amide bonds. The van der Waals surface area contributed by atoms with Crippen LogP contribution in [0.2, 0.25) is 0 Å². The Morgan fingerprint density at radius 3 is 1.82 bits per heavy atom. The van der Waals surface area contributed by atoms with E-state index >= 15 is 0 Å². The highest BCUT2D eigenvalue weighted by Gasteiger charge is 2.18. The van der Waals surface area contributed by atoms with E-state index in [-0.39, 0.29) is 17.7 Å². The Morgan fingerprint density at radius 2 is 1.32 bits per heavy atom. The third kappa shape index (κ3) is 11.1. The molecule has 3 aromatic rings. The lowest BCUT2D eigenvalue weighted by Gasteiger charge is -2.34. The van der Waals surface area contributed by atoms with Crippen molar-refractivity contribution in [2.75, 3.05) is 39.3 Å². The van der Waals surface area contributed by atoms with Gasteiger partial charge < -0.3 is 9.64 Å². The summed E-state index contributed by atoms with van der Waals surface area (Å²) in [6.45, 7) is 5.31. The summed E-state index contributed by atoms with van der Waals surface area (Å²) in [4.78, 5) is 4.76. The first-order chi connectivity index (χ1) is 18.2. The second-order valence-corrected chi connectivity index (χ2v) is 9.65. The van der Waals surface area contributed by atoms with Crippen LogP contribution in [0.15, 0.2) is 91.1 Å². The number of piperazine rings is 1. The molecule has 0 radical (unpaired) electrons. The summed E-state index contributed by atoms with van der Waals surface area (Å²) in [5, 5.41) is 0. The summed E-state index contributed by atoms with van der Waals surface area (Å²) >= 11 is 0. The van der Waals surface area contributed by atoms with Crippen molar-refractivity contribution in [1.29, 1.82) is 0 Å². The van der Waals surface area contributed by atoms with Gasteiger partial charge in [-0.05, 0) is 53.6 Å². The first kappa shape index (κ1) is 29.4. The zero-order valence-corrected chi connectivity index (χ0v) is 21.7. The molecular weight excluding hydrogens is 514 g/mol. The van der Waals surface area contributed by atoms with E-state index in [1.807, 2.05) is 6.07 Å². The van der Waals surface area contributed by atoms with Crippen molar-refractivity contribution in [3.63, 3.8) is 0 Å². The summed E-state index contributed by atoms with van der Waals surface area (Å²) in [5.41, 5.74) is 3.04. The third-order valence-electron chi connectivity index (χ3n) is 5.96. The van der Waals surface area contributed by atoms with Gasteiger partial charge in [0.15, 0.2) is 0 Å². The second-order valence-electron chi connectivity index (χ2n) is 8.75. The predicted molar refractivity (Wildman–Crippen MR) is 142 cm³/mol. The van der Waals surface area contributed by atoms with Crippen LogP contribution in [0, 0.1) is 11.6 Å². The minimum absolute atomic E-state index is 0.285. The maximum Gasteiger partial charge on any atom is 0.394 e. The lowest BCUT2D eigenvalue weighted by atomic mass is 10.0. The Kier molecular flexibility index (Phi) is 11.4. The average molecular weight is 547 g/mol. The zero-order valence-electron chi connectivity index (χ0n) is 20.9. The van der Waals surface area contributed by atoms with Crippen LogP contribution < -0.4 is 0 Å². The SMILES string of the molecule is Fc1ccc(C(OCCN2CCN(/C=C/Cc3ccccc3)CC2)c2ccc(F)cc2)cc1.O=S(=O)(O)O. The number of nitrogens with zero attached hydrogens (tertiary/aromatic N) is 2. The highest BCUT2D eigenvalue weighted by molar-refractivity contribution is 7.79. The van der Waals surface area contributed by atoms with E-state index in [0.717, 1.165) is 50.3 Å². The van der Waals surface area contributed by atoms with E-state index in [4.69, 9.17) is 22.3 Å². The molecule has 0 aliphatic carbocycles. The topological polar surface area (TPSA) is 90.3 Å². The number of hydrogen-bond acceptors (Lipinski definition) is 5. The first-order valence-electron chi connectivity index (χ1n) is 12.2. The molecule has 0 bridgehead atoms. The van der Waals surface area contributed by atoms with Crippen LogP contribution >= 0.6 is 0 Å². The molecule has 1 fully saturated rings. The summed E-state index contributed by atoms with van der Waals surface area (Å²) in [7, 11) is -4.67. The molecule has 1 saturated heterocycles. The van der Waals surface area contributed by atoms with Gasteiger partial charge in [-0.3, -0.25) is 14.0 Å². The van der Waals surface area contributed by atoms with Gasteiger partial charge in [-0.1, -0.05) is 60.7 Å². The van der Waals surface area contributed by atoms with Crippen LogP contribution in [0.1, 0.15) is 22.8 Å². The molecule has 0 atom stereocenters. The summed E-state index contributed by atoms with van der Waals surface area (Å²) < 4.78 is 64.6. The van der Waals surface area contributed by atoms with Crippen LogP contribution in [0.5, 0.6) is 0 Å². The van der Waals surface area contributed by atoms with Crippen molar-refractivity contribution in [1.82, 2.24) is 9.80 Å². The maximum atomic E-state index is 13.4. The maximum absolute atomic E-state index is 13.4. The molecule has 1 aliphatic heterocycles. The molecule has 7 nitrogen and oxygen atoms in total. The van der Waals surface area contributed by atoms with Crippen molar-refractivity contribution in [3.05, 3.63) is 119 Å². The van der Waals surface area contributed by atoms with Gasteiger partial charge in [0.1, 0.15) is 17.7 Å². The minimum atomic E-state index is -4.67. The summed E-state index contributed by atoms with van der Waals surface area (Å²) in [6.07, 6.45) is 5.03. The van der Waals surface area contributed by atoms with Crippen molar-refractivity contribution >= 4 is 10.4 Å². The van der Waals surface area contributed by atoms with Crippen molar-refractivity contribution in [2.24, 2.45) is 0 Å². The van der Waals surface area contributed by atoms with E-state index < -0.39 is 10.4 Å². The van der Waals surface area contributed by atoms with E-state index in [1.54, 1.807) is 24.3 Å². The fourth-order valence-electron chi connectivity index (χ4n) is 4.05. The van der Waals surface area contributed by atoms with Crippen molar-refractivity contribution in [3.8, 4) is 0 Å². The predicted octanol–water partition coefficient (Wildman–Crippen LogP) is 4.79.